The molecule has 0 unspecified atom stereocenters. The molecule has 2 fully saturated rings. The molecule has 2 aliphatic rings. The van der Waals surface area contributed by atoms with Crippen LogP contribution in [0.4, 0.5) is 23.7 Å². The summed E-state index contributed by atoms with van der Waals surface area (Å²) >= 11 is 1.38. The molecule has 0 spiro atoms. The molecule has 0 N–H and O–H groups in total. The predicted molar refractivity (Wildman–Crippen MR) is 96.3 cm³/mol. The van der Waals surface area contributed by atoms with E-state index < -0.39 is 29.2 Å². The minimum absolute atomic E-state index is 0.300. The van der Waals surface area contributed by atoms with Crippen molar-refractivity contribution in [3.05, 3.63) is 65.2 Å². The lowest BCUT2D eigenvalue weighted by molar-refractivity contribution is -0.137. The van der Waals surface area contributed by atoms with E-state index in [0.29, 0.717) is 17.0 Å². The van der Waals surface area contributed by atoms with Crippen LogP contribution in [0.3, 0.4) is 0 Å². The second-order valence-corrected chi connectivity index (χ2v) is 7.63. The van der Waals surface area contributed by atoms with E-state index in [0.717, 1.165) is 22.6 Å². The SMILES string of the molecule is Cc1ccc(N2C(=O)[C@H]3CS[C@@H](c4ccc(C(F)(F)F)cc4)N3C2=O)cc1. The van der Waals surface area contributed by atoms with Crippen molar-refractivity contribution < 1.29 is 22.8 Å². The molecule has 0 aromatic heterocycles. The first kappa shape index (κ1) is 17.9. The van der Waals surface area contributed by atoms with Crippen LogP contribution in [0.2, 0.25) is 0 Å². The van der Waals surface area contributed by atoms with E-state index in [1.54, 1.807) is 12.1 Å². The van der Waals surface area contributed by atoms with Crippen LogP contribution in [-0.4, -0.2) is 28.6 Å². The Balaban J connectivity index is 1.63. The fourth-order valence-corrected chi connectivity index (χ4v) is 4.73. The van der Waals surface area contributed by atoms with E-state index in [-0.39, 0.29) is 5.91 Å². The summed E-state index contributed by atoms with van der Waals surface area (Å²) in [5, 5.41) is -0.482. The number of hydrogen-bond donors (Lipinski definition) is 0. The van der Waals surface area contributed by atoms with Crippen LogP contribution in [0.5, 0.6) is 0 Å². The summed E-state index contributed by atoms with van der Waals surface area (Å²) in [4.78, 5) is 28.3. The Morgan fingerprint density at radius 1 is 1.00 bits per heavy atom. The molecular formula is C19H15F3N2O2S. The number of hydrogen-bond acceptors (Lipinski definition) is 3. The van der Waals surface area contributed by atoms with E-state index in [9.17, 15) is 22.8 Å². The minimum atomic E-state index is -4.41. The fourth-order valence-electron chi connectivity index (χ4n) is 3.31. The number of amides is 3. The molecule has 2 aromatic rings. The van der Waals surface area contributed by atoms with Crippen molar-refractivity contribution in [2.45, 2.75) is 24.5 Å². The lowest BCUT2D eigenvalue weighted by Gasteiger charge is -2.23. The molecule has 0 bridgehead atoms. The zero-order valence-corrected chi connectivity index (χ0v) is 15.1. The number of carbonyl (C=O) groups excluding carboxylic acids is 2. The smallest absolute Gasteiger partial charge is 0.295 e. The second-order valence-electron chi connectivity index (χ2n) is 6.52. The molecule has 4 nitrogen and oxygen atoms in total. The molecule has 0 saturated carbocycles. The average molecular weight is 392 g/mol. The fraction of sp³-hybridized carbons (Fsp3) is 0.263. The highest BCUT2D eigenvalue weighted by Crippen LogP contribution is 2.46. The number of aryl methyl sites for hydroxylation is 1. The largest absolute Gasteiger partial charge is 0.416 e. The Hall–Kier alpha value is -2.48. The van der Waals surface area contributed by atoms with Crippen molar-refractivity contribution in [3.63, 3.8) is 0 Å². The molecule has 0 radical (unpaired) electrons. The number of urea groups is 1. The third-order valence-electron chi connectivity index (χ3n) is 4.73. The molecule has 2 heterocycles. The molecular weight excluding hydrogens is 377 g/mol. The van der Waals surface area contributed by atoms with Crippen LogP contribution in [0, 0.1) is 6.92 Å². The van der Waals surface area contributed by atoms with Crippen LogP contribution in [0.1, 0.15) is 22.1 Å². The van der Waals surface area contributed by atoms with Gasteiger partial charge in [-0.05, 0) is 36.8 Å². The summed E-state index contributed by atoms with van der Waals surface area (Å²) in [5.74, 6) is 0.115. The van der Waals surface area contributed by atoms with Crippen LogP contribution in [0.15, 0.2) is 48.5 Å². The Kier molecular flexibility index (Phi) is 4.18. The molecule has 27 heavy (non-hydrogen) atoms. The highest BCUT2D eigenvalue weighted by Gasteiger charge is 2.53. The topological polar surface area (TPSA) is 40.6 Å². The number of alkyl halides is 3. The second kappa shape index (κ2) is 6.30. The first-order valence-corrected chi connectivity index (χ1v) is 9.34. The monoisotopic (exact) mass is 392 g/mol. The highest BCUT2D eigenvalue weighted by atomic mass is 32.2. The number of rotatable bonds is 2. The van der Waals surface area contributed by atoms with Crippen molar-refractivity contribution in [2.75, 3.05) is 10.7 Å². The van der Waals surface area contributed by atoms with E-state index in [1.807, 2.05) is 19.1 Å². The van der Waals surface area contributed by atoms with E-state index in [4.69, 9.17) is 0 Å². The highest BCUT2D eigenvalue weighted by molar-refractivity contribution is 7.99. The number of imide groups is 1. The minimum Gasteiger partial charge on any atom is -0.295 e. The van der Waals surface area contributed by atoms with Gasteiger partial charge < -0.3 is 0 Å². The Labute approximate surface area is 157 Å². The van der Waals surface area contributed by atoms with Gasteiger partial charge in [0.1, 0.15) is 11.4 Å². The molecule has 2 atom stereocenters. The van der Waals surface area contributed by atoms with Gasteiger partial charge in [0, 0.05) is 5.75 Å². The van der Waals surface area contributed by atoms with Gasteiger partial charge in [-0.1, -0.05) is 29.8 Å². The Bertz CT molecular complexity index is 897. The van der Waals surface area contributed by atoms with Crippen LogP contribution in [0.25, 0.3) is 0 Å². The van der Waals surface area contributed by atoms with Crippen LogP contribution in [-0.2, 0) is 11.0 Å². The first-order chi connectivity index (χ1) is 12.8. The summed E-state index contributed by atoms with van der Waals surface area (Å²) in [5.41, 5.74) is 1.34. The van der Waals surface area contributed by atoms with Gasteiger partial charge in [-0.2, -0.15) is 13.2 Å². The number of halogens is 3. The average Bonchev–Trinajstić information content (AvgIpc) is 3.16. The van der Waals surface area contributed by atoms with Crippen LogP contribution >= 0.6 is 11.8 Å². The van der Waals surface area contributed by atoms with Gasteiger partial charge in [0.15, 0.2) is 0 Å². The van der Waals surface area contributed by atoms with Crippen molar-refractivity contribution >= 4 is 29.4 Å². The Morgan fingerprint density at radius 3 is 2.22 bits per heavy atom. The molecule has 2 aliphatic heterocycles. The summed E-state index contributed by atoms with van der Waals surface area (Å²) in [6.45, 7) is 1.91. The van der Waals surface area contributed by atoms with Crippen molar-refractivity contribution in [1.82, 2.24) is 4.90 Å². The predicted octanol–water partition coefficient (Wildman–Crippen LogP) is 4.60. The number of nitrogens with zero attached hydrogens (tertiary/aromatic N) is 2. The van der Waals surface area contributed by atoms with Gasteiger partial charge >= 0.3 is 12.2 Å². The van der Waals surface area contributed by atoms with Gasteiger partial charge in [0.2, 0.25) is 0 Å². The van der Waals surface area contributed by atoms with Crippen LogP contribution < -0.4 is 4.90 Å². The maximum Gasteiger partial charge on any atom is 0.416 e. The number of fused-ring (bicyclic) bond motifs is 1. The standard InChI is InChI=1S/C19H15F3N2O2S/c1-11-2-8-14(9-3-11)23-16(25)15-10-27-17(24(15)18(23)26)12-4-6-13(7-5-12)19(20,21)22/h2-9,15,17H,10H2,1H3/t15-,17+/m1/s1. The molecule has 3 amide bonds. The first-order valence-electron chi connectivity index (χ1n) is 8.29. The van der Waals surface area contributed by atoms with Gasteiger partial charge in [-0.15, -0.1) is 11.8 Å². The number of carbonyl (C=O) groups is 2. The number of benzene rings is 2. The van der Waals surface area contributed by atoms with Gasteiger partial charge in [-0.25, -0.2) is 9.69 Å². The van der Waals surface area contributed by atoms with E-state index >= 15 is 0 Å². The molecule has 140 valence electrons. The molecule has 0 aliphatic carbocycles. The number of anilines is 1. The van der Waals surface area contributed by atoms with Crippen molar-refractivity contribution in [3.8, 4) is 0 Å². The molecule has 4 rings (SSSR count). The zero-order valence-electron chi connectivity index (χ0n) is 14.2. The van der Waals surface area contributed by atoms with Gasteiger partial charge in [0.05, 0.1) is 11.3 Å². The third kappa shape index (κ3) is 2.97. The maximum atomic E-state index is 12.9. The Morgan fingerprint density at radius 2 is 1.63 bits per heavy atom. The normalized spacial score (nSPS) is 22.5. The van der Waals surface area contributed by atoms with E-state index in [2.05, 4.69) is 0 Å². The third-order valence-corrected chi connectivity index (χ3v) is 6.06. The maximum absolute atomic E-state index is 12.9. The lowest BCUT2D eigenvalue weighted by Crippen LogP contribution is -2.33. The molecule has 2 saturated heterocycles. The summed E-state index contributed by atoms with van der Waals surface area (Å²) < 4.78 is 38.3. The summed E-state index contributed by atoms with van der Waals surface area (Å²) in [6.07, 6.45) is -4.41. The molecule has 2 aromatic carbocycles. The summed E-state index contributed by atoms with van der Waals surface area (Å²) in [6, 6.07) is 10.8. The van der Waals surface area contributed by atoms with Gasteiger partial charge in [-0.3, -0.25) is 9.69 Å². The van der Waals surface area contributed by atoms with E-state index in [1.165, 1.54) is 28.8 Å². The molecule has 8 heteroatoms. The summed E-state index contributed by atoms with van der Waals surface area (Å²) in [7, 11) is 0. The number of thioether (sulfide) groups is 1. The van der Waals surface area contributed by atoms with Crippen molar-refractivity contribution in [2.24, 2.45) is 0 Å². The van der Waals surface area contributed by atoms with Gasteiger partial charge in [0.25, 0.3) is 5.91 Å². The zero-order chi connectivity index (χ0) is 19.3. The van der Waals surface area contributed by atoms with Crippen molar-refractivity contribution in [1.29, 1.82) is 0 Å². The lowest BCUT2D eigenvalue weighted by atomic mass is 10.1. The quantitative estimate of drug-likeness (QED) is 0.702.